The summed E-state index contributed by atoms with van der Waals surface area (Å²) in [5, 5.41) is 3.38. The number of benzene rings is 1. The van der Waals surface area contributed by atoms with Crippen LogP contribution in [0.5, 0.6) is 0 Å². The third-order valence-corrected chi connectivity index (χ3v) is 4.87. The van der Waals surface area contributed by atoms with Gasteiger partial charge in [-0.25, -0.2) is 12.7 Å². The van der Waals surface area contributed by atoms with Gasteiger partial charge in [0.1, 0.15) is 0 Å². The zero-order valence-electron chi connectivity index (χ0n) is 12.2. The smallest absolute Gasteiger partial charge is 0.242 e. The van der Waals surface area contributed by atoms with Crippen molar-refractivity contribution in [3.05, 3.63) is 24.3 Å². The number of sulfonamides is 1. The lowest BCUT2D eigenvalue weighted by Crippen LogP contribution is -2.22. The van der Waals surface area contributed by atoms with Gasteiger partial charge in [0.15, 0.2) is 0 Å². The average Bonchev–Trinajstić information content (AvgIpc) is 2.36. The maximum atomic E-state index is 11.9. The number of nitrogens with one attached hydrogen (secondary N) is 1. The van der Waals surface area contributed by atoms with E-state index in [9.17, 15) is 8.42 Å². The van der Waals surface area contributed by atoms with E-state index >= 15 is 0 Å². The van der Waals surface area contributed by atoms with E-state index < -0.39 is 10.0 Å². The fourth-order valence-corrected chi connectivity index (χ4v) is 2.70. The second-order valence-corrected chi connectivity index (χ2v) is 7.15. The molecule has 1 unspecified atom stereocenters. The van der Waals surface area contributed by atoms with Gasteiger partial charge in [-0.3, -0.25) is 0 Å². The lowest BCUT2D eigenvalue weighted by Gasteiger charge is -2.16. The van der Waals surface area contributed by atoms with Gasteiger partial charge in [0.05, 0.1) is 4.90 Å². The van der Waals surface area contributed by atoms with Gasteiger partial charge in [-0.05, 0) is 37.6 Å². The van der Waals surface area contributed by atoms with Gasteiger partial charge >= 0.3 is 0 Å². The maximum absolute atomic E-state index is 11.9. The van der Waals surface area contributed by atoms with Gasteiger partial charge in [0.2, 0.25) is 10.0 Å². The molecular formula is C14H24N2O2S. The SMILES string of the molecule is CCCCC(C)Nc1ccc(S(=O)(=O)N(C)C)cc1. The first-order valence-corrected chi connectivity index (χ1v) is 8.11. The summed E-state index contributed by atoms with van der Waals surface area (Å²) in [6, 6.07) is 7.32. The summed E-state index contributed by atoms with van der Waals surface area (Å²) in [6.07, 6.45) is 3.50. The summed E-state index contributed by atoms with van der Waals surface area (Å²) in [6.45, 7) is 4.31. The highest BCUT2D eigenvalue weighted by Crippen LogP contribution is 2.17. The molecule has 4 nitrogen and oxygen atoms in total. The van der Waals surface area contributed by atoms with Gasteiger partial charge in [-0.1, -0.05) is 19.8 Å². The number of anilines is 1. The summed E-state index contributed by atoms with van der Waals surface area (Å²) in [7, 11) is -0.259. The van der Waals surface area contributed by atoms with Crippen molar-refractivity contribution >= 4 is 15.7 Å². The summed E-state index contributed by atoms with van der Waals surface area (Å²) in [4.78, 5) is 0.323. The molecule has 0 saturated carbocycles. The summed E-state index contributed by atoms with van der Waals surface area (Å²) in [5.74, 6) is 0. The Balaban J connectivity index is 2.72. The van der Waals surface area contributed by atoms with Gasteiger partial charge in [0.25, 0.3) is 0 Å². The Morgan fingerprint density at radius 1 is 1.21 bits per heavy atom. The summed E-state index contributed by atoms with van der Waals surface area (Å²) in [5.41, 5.74) is 0.960. The number of hydrogen-bond donors (Lipinski definition) is 1. The van der Waals surface area contributed by atoms with Gasteiger partial charge < -0.3 is 5.32 Å². The van der Waals surface area contributed by atoms with Crippen LogP contribution in [0.4, 0.5) is 5.69 Å². The molecule has 1 aromatic carbocycles. The van der Waals surface area contributed by atoms with E-state index in [2.05, 4.69) is 19.2 Å². The van der Waals surface area contributed by atoms with Crippen molar-refractivity contribution in [2.75, 3.05) is 19.4 Å². The normalized spacial score (nSPS) is 13.5. The minimum absolute atomic E-state index is 0.323. The molecule has 0 radical (unpaired) electrons. The van der Waals surface area contributed by atoms with Gasteiger partial charge in [0, 0.05) is 25.8 Å². The van der Waals surface area contributed by atoms with Crippen molar-refractivity contribution in [1.29, 1.82) is 0 Å². The Hall–Kier alpha value is -1.07. The molecule has 19 heavy (non-hydrogen) atoms. The molecule has 0 aliphatic heterocycles. The molecule has 1 atom stereocenters. The molecule has 0 aromatic heterocycles. The monoisotopic (exact) mass is 284 g/mol. The first-order valence-electron chi connectivity index (χ1n) is 6.67. The van der Waals surface area contributed by atoms with Crippen LogP contribution in [-0.4, -0.2) is 32.9 Å². The number of unbranched alkanes of at least 4 members (excludes halogenated alkanes) is 1. The van der Waals surface area contributed by atoms with Crippen LogP contribution in [0, 0.1) is 0 Å². The van der Waals surface area contributed by atoms with E-state index in [1.54, 1.807) is 12.1 Å². The van der Waals surface area contributed by atoms with Crippen LogP contribution >= 0.6 is 0 Å². The van der Waals surface area contributed by atoms with Crippen molar-refractivity contribution in [1.82, 2.24) is 4.31 Å². The molecule has 1 aromatic rings. The zero-order chi connectivity index (χ0) is 14.5. The lowest BCUT2D eigenvalue weighted by molar-refractivity contribution is 0.521. The molecule has 0 aliphatic rings. The fraction of sp³-hybridized carbons (Fsp3) is 0.571. The van der Waals surface area contributed by atoms with Crippen molar-refractivity contribution < 1.29 is 8.42 Å². The molecule has 0 fully saturated rings. The quantitative estimate of drug-likeness (QED) is 0.837. The average molecular weight is 284 g/mol. The number of hydrogen-bond acceptors (Lipinski definition) is 3. The van der Waals surface area contributed by atoms with Crippen LogP contribution < -0.4 is 5.32 Å². The molecule has 0 aliphatic carbocycles. The van der Waals surface area contributed by atoms with E-state index in [-0.39, 0.29) is 0 Å². The highest BCUT2D eigenvalue weighted by molar-refractivity contribution is 7.89. The largest absolute Gasteiger partial charge is 0.383 e. The number of rotatable bonds is 7. The first-order chi connectivity index (χ1) is 8.87. The first kappa shape index (κ1) is 16.0. The predicted octanol–water partition coefficient (Wildman–Crippen LogP) is 2.93. The van der Waals surface area contributed by atoms with Crippen LogP contribution in [0.2, 0.25) is 0 Å². The van der Waals surface area contributed by atoms with Crippen LogP contribution in [-0.2, 0) is 10.0 Å². The summed E-state index contributed by atoms with van der Waals surface area (Å²) >= 11 is 0. The molecule has 5 heteroatoms. The molecule has 108 valence electrons. The Morgan fingerprint density at radius 2 is 1.79 bits per heavy atom. The Kier molecular flexibility index (Phi) is 5.82. The second-order valence-electron chi connectivity index (χ2n) is 5.00. The Morgan fingerprint density at radius 3 is 2.26 bits per heavy atom. The van der Waals surface area contributed by atoms with Crippen LogP contribution in [0.25, 0.3) is 0 Å². The highest BCUT2D eigenvalue weighted by atomic mass is 32.2. The van der Waals surface area contributed by atoms with E-state index in [1.165, 1.54) is 31.2 Å². The van der Waals surface area contributed by atoms with Crippen LogP contribution in [0.15, 0.2) is 29.2 Å². The van der Waals surface area contributed by atoms with Gasteiger partial charge in [-0.2, -0.15) is 0 Å². The minimum atomic E-state index is -3.33. The Bertz CT molecular complexity index is 481. The lowest BCUT2D eigenvalue weighted by atomic mass is 10.1. The maximum Gasteiger partial charge on any atom is 0.242 e. The molecule has 0 saturated heterocycles. The second kappa shape index (κ2) is 6.91. The highest BCUT2D eigenvalue weighted by Gasteiger charge is 2.16. The van der Waals surface area contributed by atoms with E-state index in [0.29, 0.717) is 10.9 Å². The molecule has 1 N–H and O–H groups in total. The van der Waals surface area contributed by atoms with Crippen molar-refractivity contribution in [2.45, 2.75) is 44.0 Å². The fourth-order valence-electron chi connectivity index (χ4n) is 1.80. The van der Waals surface area contributed by atoms with Crippen LogP contribution in [0.1, 0.15) is 33.1 Å². The van der Waals surface area contributed by atoms with E-state index in [0.717, 1.165) is 12.1 Å². The zero-order valence-corrected chi connectivity index (χ0v) is 13.0. The molecular weight excluding hydrogens is 260 g/mol. The number of nitrogens with zero attached hydrogens (tertiary/aromatic N) is 1. The molecule has 0 amide bonds. The predicted molar refractivity (Wildman–Crippen MR) is 79.9 cm³/mol. The minimum Gasteiger partial charge on any atom is -0.383 e. The Labute approximate surface area is 116 Å². The van der Waals surface area contributed by atoms with E-state index in [1.807, 2.05) is 12.1 Å². The van der Waals surface area contributed by atoms with Crippen molar-refractivity contribution in [3.8, 4) is 0 Å². The molecule has 1 rings (SSSR count). The van der Waals surface area contributed by atoms with Crippen molar-refractivity contribution in [3.63, 3.8) is 0 Å². The molecule has 0 bridgehead atoms. The van der Waals surface area contributed by atoms with E-state index in [4.69, 9.17) is 0 Å². The third-order valence-electron chi connectivity index (χ3n) is 3.04. The van der Waals surface area contributed by atoms with Crippen molar-refractivity contribution in [2.24, 2.45) is 0 Å². The van der Waals surface area contributed by atoms with Crippen LogP contribution in [0.3, 0.4) is 0 Å². The third kappa shape index (κ3) is 4.51. The topological polar surface area (TPSA) is 49.4 Å². The standard InChI is InChI=1S/C14H24N2O2S/c1-5-6-7-12(2)15-13-8-10-14(11-9-13)19(17,18)16(3)4/h8-12,15H,5-7H2,1-4H3. The molecule has 0 heterocycles. The molecule has 0 spiro atoms. The summed E-state index contributed by atoms with van der Waals surface area (Å²) < 4.78 is 25.0. The van der Waals surface area contributed by atoms with Gasteiger partial charge in [-0.15, -0.1) is 0 Å².